The molecule has 0 fully saturated rings. The summed E-state index contributed by atoms with van der Waals surface area (Å²) in [6.45, 7) is 6.63. The summed E-state index contributed by atoms with van der Waals surface area (Å²) in [5, 5.41) is 0.901. The Labute approximate surface area is 179 Å². The molecule has 0 atom stereocenters. The Hall–Kier alpha value is -2.15. The number of hydrogen-bond acceptors (Lipinski definition) is 2. The molecule has 0 saturated carbocycles. The number of Topliss-reactive ketones (excluding diaryl/α,β-unsaturated/α-hetero) is 1. The van der Waals surface area contributed by atoms with Crippen molar-refractivity contribution in [2.24, 2.45) is 11.7 Å². The van der Waals surface area contributed by atoms with Crippen LogP contribution < -0.4 is 5.73 Å². The second-order valence-corrected chi connectivity index (χ2v) is 8.53. The first-order valence-electron chi connectivity index (χ1n) is 9.57. The number of carbonyl (C=O) groups excluding carboxylic acids is 2. The van der Waals surface area contributed by atoms with Crippen LogP contribution in [0.5, 0.6) is 0 Å². The lowest BCUT2D eigenvalue weighted by atomic mass is 9.96. The van der Waals surface area contributed by atoms with E-state index in [2.05, 4.69) is 46.2 Å². The SMILES string of the molecule is CCCc1c(C(=O)C(C)C)c2ccc(C(N)=O)cc2n1Cc1ccccc1I. The van der Waals surface area contributed by atoms with Crippen LogP contribution in [-0.4, -0.2) is 16.3 Å². The highest BCUT2D eigenvalue weighted by atomic mass is 127. The van der Waals surface area contributed by atoms with Gasteiger partial charge >= 0.3 is 0 Å². The van der Waals surface area contributed by atoms with Crippen LogP contribution in [0, 0.1) is 9.49 Å². The van der Waals surface area contributed by atoms with E-state index in [1.54, 1.807) is 6.07 Å². The molecule has 2 N–H and O–H groups in total. The van der Waals surface area contributed by atoms with Gasteiger partial charge < -0.3 is 10.3 Å². The average molecular weight is 488 g/mol. The summed E-state index contributed by atoms with van der Waals surface area (Å²) in [6, 6.07) is 13.6. The monoisotopic (exact) mass is 488 g/mol. The Balaban J connectivity index is 2.33. The molecule has 0 aliphatic rings. The van der Waals surface area contributed by atoms with Crippen LogP contribution in [0.2, 0.25) is 0 Å². The first-order chi connectivity index (χ1) is 13.3. The zero-order valence-electron chi connectivity index (χ0n) is 16.5. The maximum Gasteiger partial charge on any atom is 0.248 e. The number of carbonyl (C=O) groups is 2. The zero-order valence-corrected chi connectivity index (χ0v) is 18.6. The van der Waals surface area contributed by atoms with E-state index < -0.39 is 5.91 Å². The van der Waals surface area contributed by atoms with Gasteiger partial charge in [-0.3, -0.25) is 9.59 Å². The molecule has 0 aliphatic carbocycles. The van der Waals surface area contributed by atoms with Crippen molar-refractivity contribution in [3.8, 4) is 0 Å². The lowest BCUT2D eigenvalue weighted by molar-refractivity contribution is 0.0939. The molecule has 4 nitrogen and oxygen atoms in total. The molecule has 2 aromatic carbocycles. The van der Waals surface area contributed by atoms with Crippen LogP contribution in [0.4, 0.5) is 0 Å². The van der Waals surface area contributed by atoms with Crippen molar-refractivity contribution in [3.63, 3.8) is 0 Å². The molecule has 146 valence electrons. The highest BCUT2D eigenvalue weighted by Gasteiger charge is 2.24. The largest absolute Gasteiger partial charge is 0.366 e. The highest BCUT2D eigenvalue weighted by molar-refractivity contribution is 14.1. The summed E-state index contributed by atoms with van der Waals surface area (Å²) >= 11 is 2.34. The number of nitrogens with zero attached hydrogens (tertiary/aromatic N) is 1. The van der Waals surface area contributed by atoms with E-state index in [1.165, 1.54) is 9.13 Å². The molecule has 1 aromatic heterocycles. The topological polar surface area (TPSA) is 65.1 Å². The third kappa shape index (κ3) is 3.85. The van der Waals surface area contributed by atoms with E-state index in [9.17, 15) is 9.59 Å². The van der Waals surface area contributed by atoms with Crippen LogP contribution in [0.15, 0.2) is 42.5 Å². The summed E-state index contributed by atoms with van der Waals surface area (Å²) in [5.74, 6) is -0.415. The zero-order chi connectivity index (χ0) is 20.4. The fourth-order valence-corrected chi connectivity index (χ4v) is 4.15. The second kappa shape index (κ2) is 8.47. The van der Waals surface area contributed by atoms with E-state index in [0.717, 1.165) is 35.0 Å². The predicted octanol–water partition coefficient (Wildman–Crippen LogP) is 5.18. The van der Waals surface area contributed by atoms with E-state index in [1.807, 2.05) is 38.1 Å². The Bertz CT molecular complexity index is 1050. The molecule has 3 rings (SSSR count). The van der Waals surface area contributed by atoms with Gasteiger partial charge in [0.25, 0.3) is 0 Å². The summed E-state index contributed by atoms with van der Waals surface area (Å²) in [7, 11) is 0. The molecule has 0 spiro atoms. The van der Waals surface area contributed by atoms with Crippen LogP contribution in [-0.2, 0) is 13.0 Å². The predicted molar refractivity (Wildman–Crippen MR) is 122 cm³/mol. The number of benzene rings is 2. The maximum absolute atomic E-state index is 13.1. The van der Waals surface area contributed by atoms with Gasteiger partial charge in [-0.2, -0.15) is 0 Å². The van der Waals surface area contributed by atoms with E-state index in [4.69, 9.17) is 5.73 Å². The van der Waals surface area contributed by atoms with Gasteiger partial charge in [0.15, 0.2) is 5.78 Å². The normalized spacial score (nSPS) is 11.3. The standard InChI is InChI=1S/C23H25IN2O2/c1-4-7-19-21(22(27)14(2)3)17-11-10-15(23(25)28)12-20(17)26(19)13-16-8-5-6-9-18(16)24/h5-6,8-12,14H,4,7,13H2,1-3H3,(H2,25,28). The summed E-state index contributed by atoms with van der Waals surface area (Å²) in [6.07, 6.45) is 1.74. The third-order valence-electron chi connectivity index (χ3n) is 5.00. The number of primary amides is 1. The quantitative estimate of drug-likeness (QED) is 0.368. The molecule has 0 unspecified atom stereocenters. The fourth-order valence-electron chi connectivity index (χ4n) is 3.59. The minimum absolute atomic E-state index is 0.0951. The molecule has 0 aliphatic heterocycles. The number of rotatable bonds is 7. The summed E-state index contributed by atoms with van der Waals surface area (Å²) in [5.41, 5.74) is 9.89. The highest BCUT2D eigenvalue weighted by Crippen LogP contribution is 2.32. The van der Waals surface area contributed by atoms with E-state index in [0.29, 0.717) is 12.1 Å². The second-order valence-electron chi connectivity index (χ2n) is 7.36. The van der Waals surface area contributed by atoms with Crippen molar-refractivity contribution in [2.75, 3.05) is 0 Å². The molecule has 0 bridgehead atoms. The molecule has 28 heavy (non-hydrogen) atoms. The van der Waals surface area contributed by atoms with Gasteiger partial charge in [0.05, 0.1) is 5.52 Å². The smallest absolute Gasteiger partial charge is 0.248 e. The van der Waals surface area contributed by atoms with Crippen LogP contribution >= 0.6 is 22.6 Å². The summed E-state index contributed by atoms with van der Waals surface area (Å²) < 4.78 is 3.37. The maximum atomic E-state index is 13.1. The summed E-state index contributed by atoms with van der Waals surface area (Å²) in [4.78, 5) is 24.9. The van der Waals surface area contributed by atoms with Crippen LogP contribution in [0.1, 0.15) is 59.2 Å². The van der Waals surface area contributed by atoms with Gasteiger partial charge in [0, 0.05) is 38.2 Å². The molecule has 1 heterocycles. The number of aromatic nitrogens is 1. The number of amides is 1. The Morgan fingerprint density at radius 1 is 1.14 bits per heavy atom. The van der Waals surface area contributed by atoms with Crippen molar-refractivity contribution in [1.29, 1.82) is 0 Å². The molecule has 0 radical (unpaired) electrons. The van der Waals surface area contributed by atoms with Crippen LogP contribution in [0.25, 0.3) is 10.9 Å². The van der Waals surface area contributed by atoms with Crippen molar-refractivity contribution < 1.29 is 9.59 Å². The fraction of sp³-hybridized carbons (Fsp3) is 0.304. The average Bonchev–Trinajstić information content (AvgIpc) is 2.95. The van der Waals surface area contributed by atoms with Crippen LogP contribution in [0.3, 0.4) is 0 Å². The number of fused-ring (bicyclic) bond motifs is 1. The van der Waals surface area contributed by atoms with Crippen molar-refractivity contribution in [2.45, 2.75) is 40.2 Å². The number of halogens is 1. The van der Waals surface area contributed by atoms with E-state index >= 15 is 0 Å². The van der Waals surface area contributed by atoms with Gasteiger partial charge in [-0.05, 0) is 52.8 Å². The molecule has 3 aromatic rings. The van der Waals surface area contributed by atoms with Gasteiger partial charge in [-0.25, -0.2) is 0 Å². The lowest BCUT2D eigenvalue weighted by Crippen LogP contribution is -2.13. The molecule has 1 amide bonds. The van der Waals surface area contributed by atoms with Gasteiger partial charge in [0.1, 0.15) is 0 Å². The van der Waals surface area contributed by atoms with Gasteiger partial charge in [-0.1, -0.05) is 51.5 Å². The molecular weight excluding hydrogens is 463 g/mol. The van der Waals surface area contributed by atoms with Crippen molar-refractivity contribution in [1.82, 2.24) is 4.57 Å². The minimum atomic E-state index is -0.460. The Morgan fingerprint density at radius 2 is 1.86 bits per heavy atom. The first kappa shape index (κ1) is 20.6. The first-order valence-corrected chi connectivity index (χ1v) is 10.7. The minimum Gasteiger partial charge on any atom is -0.366 e. The van der Waals surface area contributed by atoms with Crippen molar-refractivity contribution in [3.05, 3.63) is 68.4 Å². The number of hydrogen-bond donors (Lipinski definition) is 1. The number of nitrogens with two attached hydrogens (primary N) is 1. The Kier molecular flexibility index (Phi) is 6.23. The molecular formula is C23H25IN2O2. The molecule has 0 saturated heterocycles. The van der Waals surface area contributed by atoms with E-state index in [-0.39, 0.29) is 11.7 Å². The van der Waals surface area contributed by atoms with Crippen molar-refractivity contribution >= 4 is 45.2 Å². The number of ketones is 1. The van der Waals surface area contributed by atoms with Gasteiger partial charge in [-0.15, -0.1) is 0 Å². The lowest BCUT2D eigenvalue weighted by Gasteiger charge is -2.14. The third-order valence-corrected chi connectivity index (χ3v) is 6.05. The Morgan fingerprint density at radius 3 is 2.46 bits per heavy atom. The molecule has 5 heteroatoms. The van der Waals surface area contributed by atoms with Gasteiger partial charge in [0.2, 0.25) is 5.91 Å².